The smallest absolute Gasteiger partial charge is 0.200 e. The van der Waals surface area contributed by atoms with Crippen molar-refractivity contribution >= 4 is 11.3 Å². The molecule has 1 fully saturated rings. The zero-order valence-electron chi connectivity index (χ0n) is 14.2. The third-order valence-corrected chi connectivity index (χ3v) is 4.66. The van der Waals surface area contributed by atoms with Gasteiger partial charge >= 0.3 is 0 Å². The molecule has 1 aliphatic heterocycles. The molecule has 0 aromatic carbocycles. The highest BCUT2D eigenvalue weighted by Crippen LogP contribution is 2.29. The second kappa shape index (κ2) is 5.50. The van der Waals surface area contributed by atoms with E-state index in [0.29, 0.717) is 5.92 Å². The molecule has 0 radical (unpaired) electrons. The maximum Gasteiger partial charge on any atom is 0.200 e. The van der Waals surface area contributed by atoms with Gasteiger partial charge in [0.1, 0.15) is 6.33 Å². The average Bonchev–Trinajstić information content (AvgIpc) is 2.93. The highest BCUT2D eigenvalue weighted by atomic mass is 15.4. The van der Waals surface area contributed by atoms with Crippen molar-refractivity contribution in [1.29, 1.82) is 0 Å². The number of hydrogen-bond donors (Lipinski definition) is 0. The van der Waals surface area contributed by atoms with Crippen molar-refractivity contribution in [2.24, 2.45) is 0 Å². The Kier molecular flexibility index (Phi) is 3.80. The monoisotopic (exact) mass is 302 g/mol. The molecule has 0 atom stereocenters. The predicted octanol–water partition coefficient (Wildman–Crippen LogP) is 2.17. The first-order valence-electron chi connectivity index (χ1n) is 8.13. The summed E-state index contributed by atoms with van der Waals surface area (Å²) in [6, 6.07) is 2.19. The van der Waals surface area contributed by atoms with Crippen LogP contribution >= 0.6 is 0 Å². The maximum absolute atomic E-state index is 4.61. The molecular formula is C16H26N6. The Balaban J connectivity index is 2.01. The number of rotatable bonds is 3. The molecule has 0 unspecified atom stereocenters. The lowest BCUT2D eigenvalue weighted by Crippen LogP contribution is -2.59. The van der Waals surface area contributed by atoms with Gasteiger partial charge in [-0.1, -0.05) is 20.8 Å². The minimum Gasteiger partial charge on any atom is -0.365 e. The van der Waals surface area contributed by atoms with Gasteiger partial charge in [0.2, 0.25) is 5.65 Å². The lowest BCUT2D eigenvalue weighted by atomic mass is 9.98. The van der Waals surface area contributed by atoms with E-state index in [4.69, 9.17) is 0 Å². The first-order chi connectivity index (χ1) is 10.4. The van der Waals surface area contributed by atoms with Crippen LogP contribution in [-0.4, -0.2) is 56.4 Å². The van der Waals surface area contributed by atoms with Gasteiger partial charge in [0.15, 0.2) is 0 Å². The van der Waals surface area contributed by atoms with E-state index in [1.165, 1.54) is 0 Å². The summed E-state index contributed by atoms with van der Waals surface area (Å²) < 4.78 is 1.81. The molecule has 3 heterocycles. The summed E-state index contributed by atoms with van der Waals surface area (Å²) in [5.74, 6) is 0.385. The molecule has 3 rings (SSSR count). The van der Waals surface area contributed by atoms with E-state index < -0.39 is 0 Å². The Hall–Kier alpha value is -1.69. The van der Waals surface area contributed by atoms with Crippen molar-refractivity contribution in [3.8, 4) is 0 Å². The highest BCUT2D eigenvalue weighted by molar-refractivity contribution is 5.68. The first-order valence-corrected chi connectivity index (χ1v) is 8.13. The summed E-state index contributed by atoms with van der Waals surface area (Å²) in [6.07, 6.45) is 1.69. The summed E-state index contributed by atoms with van der Waals surface area (Å²) in [4.78, 5) is 4.97. The molecule has 6 nitrogen and oxygen atoms in total. The van der Waals surface area contributed by atoms with Gasteiger partial charge in [-0.05, 0) is 32.4 Å². The molecule has 22 heavy (non-hydrogen) atoms. The fourth-order valence-corrected chi connectivity index (χ4v) is 3.33. The second-order valence-corrected chi connectivity index (χ2v) is 7.02. The van der Waals surface area contributed by atoms with Crippen molar-refractivity contribution in [3.63, 3.8) is 0 Å². The Morgan fingerprint density at radius 2 is 2.05 bits per heavy atom. The Labute approximate surface area is 132 Å². The quantitative estimate of drug-likeness (QED) is 0.869. The van der Waals surface area contributed by atoms with E-state index in [0.717, 1.165) is 43.2 Å². The summed E-state index contributed by atoms with van der Waals surface area (Å²) in [6.45, 7) is 15.4. The number of nitrogens with zero attached hydrogens (tertiary/aromatic N) is 6. The minimum absolute atomic E-state index is 0.158. The number of fused-ring (bicyclic) bond motifs is 1. The van der Waals surface area contributed by atoms with Gasteiger partial charge in [-0.15, -0.1) is 10.2 Å². The van der Waals surface area contributed by atoms with Gasteiger partial charge in [-0.25, -0.2) is 0 Å². The molecule has 120 valence electrons. The number of likely N-dealkylation sites (N-methyl/N-ethyl adjacent to an activating group) is 1. The van der Waals surface area contributed by atoms with E-state index in [2.05, 4.69) is 65.8 Å². The van der Waals surface area contributed by atoms with Crippen LogP contribution in [0.4, 0.5) is 5.69 Å². The van der Waals surface area contributed by atoms with E-state index in [1.807, 2.05) is 4.52 Å². The molecular weight excluding hydrogens is 276 g/mol. The van der Waals surface area contributed by atoms with Crippen LogP contribution in [0, 0.1) is 0 Å². The van der Waals surface area contributed by atoms with Gasteiger partial charge < -0.3 is 4.90 Å². The predicted molar refractivity (Wildman–Crippen MR) is 88.4 cm³/mol. The van der Waals surface area contributed by atoms with Gasteiger partial charge in [0.05, 0.1) is 11.4 Å². The Morgan fingerprint density at radius 1 is 1.27 bits per heavy atom. The van der Waals surface area contributed by atoms with Crippen LogP contribution in [0.15, 0.2) is 12.4 Å². The van der Waals surface area contributed by atoms with E-state index in [1.54, 1.807) is 6.33 Å². The average molecular weight is 302 g/mol. The van der Waals surface area contributed by atoms with E-state index >= 15 is 0 Å². The fourth-order valence-electron chi connectivity index (χ4n) is 3.33. The van der Waals surface area contributed by atoms with Crippen molar-refractivity contribution in [2.45, 2.75) is 46.1 Å². The minimum atomic E-state index is 0.158. The summed E-state index contributed by atoms with van der Waals surface area (Å²) in [7, 11) is 0. The number of anilines is 1. The molecule has 0 amide bonds. The van der Waals surface area contributed by atoms with Crippen LogP contribution in [0.25, 0.3) is 5.65 Å². The molecule has 6 heteroatoms. The molecule has 0 aliphatic carbocycles. The lowest BCUT2D eigenvalue weighted by Gasteiger charge is -2.47. The van der Waals surface area contributed by atoms with Crippen molar-refractivity contribution in [2.75, 3.05) is 31.1 Å². The van der Waals surface area contributed by atoms with E-state index in [9.17, 15) is 0 Å². The molecule has 2 aromatic heterocycles. The highest BCUT2D eigenvalue weighted by Gasteiger charge is 2.33. The van der Waals surface area contributed by atoms with Gasteiger partial charge in [0, 0.05) is 25.2 Å². The van der Waals surface area contributed by atoms with Crippen LogP contribution in [0.5, 0.6) is 0 Å². The summed E-state index contributed by atoms with van der Waals surface area (Å²) in [5, 5.41) is 12.9. The third-order valence-electron chi connectivity index (χ3n) is 4.66. The van der Waals surface area contributed by atoms with E-state index in [-0.39, 0.29) is 5.54 Å². The second-order valence-electron chi connectivity index (χ2n) is 7.02. The normalized spacial score (nSPS) is 19.3. The molecule has 0 bridgehead atoms. The molecule has 1 saturated heterocycles. The molecule has 0 N–H and O–H groups in total. The molecule has 0 spiro atoms. The van der Waals surface area contributed by atoms with Gasteiger partial charge in [-0.2, -0.15) is 9.61 Å². The van der Waals surface area contributed by atoms with Crippen LogP contribution in [0.1, 0.15) is 46.2 Å². The summed E-state index contributed by atoms with van der Waals surface area (Å²) in [5.41, 5.74) is 3.24. The van der Waals surface area contributed by atoms with Crippen molar-refractivity contribution in [3.05, 3.63) is 18.1 Å². The van der Waals surface area contributed by atoms with Crippen LogP contribution < -0.4 is 4.90 Å². The summed E-state index contributed by atoms with van der Waals surface area (Å²) >= 11 is 0. The topological polar surface area (TPSA) is 49.6 Å². The van der Waals surface area contributed by atoms with Crippen molar-refractivity contribution < 1.29 is 0 Å². The van der Waals surface area contributed by atoms with Gasteiger partial charge in [0.25, 0.3) is 0 Å². The molecule has 2 aromatic rings. The largest absolute Gasteiger partial charge is 0.365 e. The Bertz CT molecular complexity index is 660. The number of aromatic nitrogens is 4. The molecule has 0 saturated carbocycles. The number of piperazine rings is 1. The zero-order chi connectivity index (χ0) is 15.9. The maximum atomic E-state index is 4.61. The van der Waals surface area contributed by atoms with Crippen LogP contribution in [0.2, 0.25) is 0 Å². The zero-order valence-corrected chi connectivity index (χ0v) is 14.2. The Morgan fingerprint density at radius 3 is 2.68 bits per heavy atom. The standard InChI is InChI=1S/C16H26N6/c1-6-21-8-7-20(10-16(21,4)5)14-9-13(12(2)3)19-22-11-17-18-15(14)22/h9,11-12H,6-8,10H2,1-5H3. The van der Waals surface area contributed by atoms with Crippen LogP contribution in [-0.2, 0) is 0 Å². The third kappa shape index (κ3) is 2.56. The van der Waals surface area contributed by atoms with Crippen molar-refractivity contribution in [1.82, 2.24) is 24.7 Å². The fraction of sp³-hybridized carbons (Fsp3) is 0.688. The lowest BCUT2D eigenvalue weighted by molar-refractivity contribution is 0.112. The number of hydrogen-bond acceptors (Lipinski definition) is 5. The van der Waals surface area contributed by atoms with Gasteiger partial charge in [-0.3, -0.25) is 4.90 Å². The van der Waals surface area contributed by atoms with Crippen LogP contribution in [0.3, 0.4) is 0 Å². The SMILES string of the molecule is CCN1CCN(c2cc(C(C)C)nn3cnnc23)CC1(C)C. The molecule has 1 aliphatic rings. The first kappa shape index (κ1) is 15.2.